The van der Waals surface area contributed by atoms with Gasteiger partial charge in [-0.1, -0.05) is 47.5 Å². The van der Waals surface area contributed by atoms with Crippen molar-refractivity contribution in [1.29, 1.82) is 0 Å². The molecule has 136 valence electrons. The van der Waals surface area contributed by atoms with Crippen molar-refractivity contribution in [3.63, 3.8) is 0 Å². The van der Waals surface area contributed by atoms with Gasteiger partial charge in [0.05, 0.1) is 15.7 Å². The molecular formula is C20H16Cl2N4O. The summed E-state index contributed by atoms with van der Waals surface area (Å²) in [6, 6.07) is 14.8. The van der Waals surface area contributed by atoms with Gasteiger partial charge in [-0.05, 0) is 42.7 Å². The highest BCUT2D eigenvalue weighted by molar-refractivity contribution is 6.44. The topological polar surface area (TPSA) is 58.1 Å². The van der Waals surface area contributed by atoms with E-state index >= 15 is 0 Å². The van der Waals surface area contributed by atoms with E-state index in [1.54, 1.807) is 30.5 Å². The predicted molar refractivity (Wildman–Crippen MR) is 108 cm³/mol. The number of nitrogens with one attached hydrogen (secondary N) is 1. The second kappa shape index (κ2) is 7.55. The number of amides is 1. The average Bonchev–Trinajstić information content (AvgIpc) is 2.71. The maximum absolute atomic E-state index is 12.6. The van der Waals surface area contributed by atoms with Gasteiger partial charge < -0.3 is 10.2 Å². The molecule has 1 aliphatic rings. The fraction of sp³-hybridized carbons (Fsp3) is 0.150. The third-order valence-electron chi connectivity index (χ3n) is 4.43. The van der Waals surface area contributed by atoms with E-state index in [1.165, 1.54) is 5.56 Å². The highest BCUT2D eigenvalue weighted by Gasteiger charge is 2.21. The van der Waals surface area contributed by atoms with Crippen LogP contribution in [-0.4, -0.2) is 22.4 Å². The molecule has 1 N–H and O–H groups in total. The van der Waals surface area contributed by atoms with Gasteiger partial charge in [0.25, 0.3) is 5.91 Å². The molecule has 2 aromatic carbocycles. The Morgan fingerprint density at radius 1 is 1.07 bits per heavy atom. The highest BCUT2D eigenvalue weighted by Crippen LogP contribution is 2.32. The third-order valence-corrected chi connectivity index (χ3v) is 5.25. The van der Waals surface area contributed by atoms with Crippen LogP contribution in [0.25, 0.3) is 0 Å². The van der Waals surface area contributed by atoms with Gasteiger partial charge in [0.1, 0.15) is 5.69 Å². The minimum Gasteiger partial charge on any atom is -0.319 e. The smallest absolute Gasteiger partial charge is 0.274 e. The number of benzene rings is 2. The molecule has 0 atom stereocenters. The van der Waals surface area contributed by atoms with Crippen LogP contribution >= 0.6 is 23.2 Å². The van der Waals surface area contributed by atoms with Crippen molar-refractivity contribution in [2.24, 2.45) is 0 Å². The zero-order chi connectivity index (χ0) is 18.8. The first kappa shape index (κ1) is 17.8. The van der Waals surface area contributed by atoms with E-state index in [4.69, 9.17) is 23.2 Å². The monoisotopic (exact) mass is 398 g/mol. The quantitative estimate of drug-likeness (QED) is 0.664. The van der Waals surface area contributed by atoms with Crippen LogP contribution < -0.4 is 10.2 Å². The summed E-state index contributed by atoms with van der Waals surface area (Å²) in [6.07, 6.45) is 3.63. The van der Waals surface area contributed by atoms with Gasteiger partial charge in [-0.25, -0.2) is 9.97 Å². The van der Waals surface area contributed by atoms with Gasteiger partial charge in [0, 0.05) is 18.4 Å². The maximum atomic E-state index is 12.6. The van der Waals surface area contributed by atoms with Crippen LogP contribution in [0.4, 0.5) is 17.3 Å². The lowest BCUT2D eigenvalue weighted by Crippen LogP contribution is -2.27. The SMILES string of the molecule is O=C(Nc1cccc(Cl)c1Cl)c1ccnc(N2CCCc3ccccc32)n1. The number of nitrogens with zero attached hydrogens (tertiary/aromatic N) is 3. The number of halogens is 2. The van der Waals surface area contributed by atoms with E-state index < -0.39 is 0 Å². The number of fused-ring (bicyclic) bond motifs is 1. The lowest BCUT2D eigenvalue weighted by Gasteiger charge is -2.29. The van der Waals surface area contributed by atoms with Crippen molar-refractivity contribution < 1.29 is 4.79 Å². The minimum absolute atomic E-state index is 0.263. The number of hydrogen-bond donors (Lipinski definition) is 1. The highest BCUT2D eigenvalue weighted by atomic mass is 35.5. The normalized spacial score (nSPS) is 13.2. The molecule has 0 saturated heterocycles. The van der Waals surface area contributed by atoms with Crippen LogP contribution in [0.2, 0.25) is 10.0 Å². The molecule has 0 aliphatic carbocycles. The van der Waals surface area contributed by atoms with Gasteiger partial charge >= 0.3 is 0 Å². The number of carbonyl (C=O) groups is 1. The van der Waals surface area contributed by atoms with Crippen molar-refractivity contribution in [3.05, 3.63) is 76.0 Å². The Hall–Kier alpha value is -2.63. The van der Waals surface area contributed by atoms with Crippen molar-refractivity contribution in [2.75, 3.05) is 16.8 Å². The summed E-state index contributed by atoms with van der Waals surface area (Å²) in [5.74, 6) is 0.139. The van der Waals surface area contributed by atoms with E-state index in [2.05, 4.69) is 27.4 Å². The van der Waals surface area contributed by atoms with Gasteiger partial charge in [-0.3, -0.25) is 4.79 Å². The van der Waals surface area contributed by atoms with Crippen molar-refractivity contribution >= 4 is 46.4 Å². The fourth-order valence-electron chi connectivity index (χ4n) is 3.13. The molecule has 2 heterocycles. The fourth-order valence-corrected chi connectivity index (χ4v) is 3.48. The molecule has 1 aromatic heterocycles. The van der Waals surface area contributed by atoms with E-state index in [0.29, 0.717) is 21.7 Å². The summed E-state index contributed by atoms with van der Waals surface area (Å²) < 4.78 is 0. The molecule has 0 spiro atoms. The first-order valence-corrected chi connectivity index (χ1v) is 9.33. The summed E-state index contributed by atoms with van der Waals surface area (Å²) in [5.41, 5.74) is 3.05. The van der Waals surface area contributed by atoms with Crippen LogP contribution in [0.5, 0.6) is 0 Å². The van der Waals surface area contributed by atoms with Crippen molar-refractivity contribution in [2.45, 2.75) is 12.8 Å². The van der Waals surface area contributed by atoms with Crippen molar-refractivity contribution in [3.8, 4) is 0 Å². The molecular weight excluding hydrogens is 383 g/mol. The molecule has 0 fully saturated rings. The zero-order valence-electron chi connectivity index (χ0n) is 14.3. The molecule has 3 aromatic rings. The Kier molecular flexibility index (Phi) is 4.97. The van der Waals surface area contributed by atoms with Crippen LogP contribution in [0, 0.1) is 0 Å². The lowest BCUT2D eigenvalue weighted by atomic mass is 10.0. The molecule has 4 rings (SSSR count). The number of carbonyl (C=O) groups excluding carboxylic acids is 1. The molecule has 0 saturated carbocycles. The third kappa shape index (κ3) is 3.61. The summed E-state index contributed by atoms with van der Waals surface area (Å²) in [6.45, 7) is 0.808. The molecule has 5 nitrogen and oxygen atoms in total. The number of hydrogen-bond acceptors (Lipinski definition) is 4. The first-order valence-electron chi connectivity index (χ1n) is 8.57. The van der Waals surface area contributed by atoms with Crippen LogP contribution in [0.3, 0.4) is 0 Å². The Morgan fingerprint density at radius 3 is 2.81 bits per heavy atom. The lowest BCUT2D eigenvalue weighted by molar-refractivity contribution is 0.102. The van der Waals surface area contributed by atoms with Crippen LogP contribution in [-0.2, 0) is 6.42 Å². The van der Waals surface area contributed by atoms with Crippen molar-refractivity contribution in [1.82, 2.24) is 9.97 Å². The van der Waals surface area contributed by atoms with E-state index in [-0.39, 0.29) is 11.6 Å². The second-order valence-electron chi connectivity index (χ2n) is 6.18. The summed E-state index contributed by atoms with van der Waals surface area (Å²) >= 11 is 12.1. The van der Waals surface area contributed by atoms with Gasteiger partial charge in [0.15, 0.2) is 0 Å². The van der Waals surface area contributed by atoms with Crippen LogP contribution in [0.15, 0.2) is 54.7 Å². The number of anilines is 3. The van der Waals surface area contributed by atoms with Gasteiger partial charge in [-0.2, -0.15) is 0 Å². The molecule has 7 heteroatoms. The Balaban J connectivity index is 1.62. The summed E-state index contributed by atoms with van der Waals surface area (Å²) in [5, 5.41) is 3.43. The zero-order valence-corrected chi connectivity index (χ0v) is 15.8. The number of aryl methyl sites for hydroxylation is 1. The largest absolute Gasteiger partial charge is 0.319 e. The Bertz CT molecular complexity index is 1010. The molecule has 1 aliphatic heterocycles. The summed E-state index contributed by atoms with van der Waals surface area (Å²) in [4.78, 5) is 23.5. The molecule has 0 bridgehead atoms. The van der Waals surface area contributed by atoms with E-state index in [9.17, 15) is 4.79 Å². The molecule has 1 amide bonds. The second-order valence-corrected chi connectivity index (χ2v) is 6.97. The number of rotatable bonds is 3. The minimum atomic E-state index is -0.367. The Morgan fingerprint density at radius 2 is 1.93 bits per heavy atom. The molecule has 0 radical (unpaired) electrons. The Labute approximate surface area is 167 Å². The predicted octanol–water partition coefficient (Wildman–Crippen LogP) is 5.12. The number of para-hydroxylation sites is 1. The number of aromatic nitrogens is 2. The molecule has 27 heavy (non-hydrogen) atoms. The van der Waals surface area contributed by atoms with Crippen LogP contribution in [0.1, 0.15) is 22.5 Å². The standard InChI is InChI=1S/C20H16Cl2N4O/c21-14-7-3-8-15(18(14)22)24-19(27)16-10-11-23-20(25-16)26-12-4-6-13-5-1-2-9-17(13)26/h1-3,5,7-11H,4,6,12H2,(H,24,27). The van der Waals surface area contributed by atoms with E-state index in [1.807, 2.05) is 17.0 Å². The van der Waals surface area contributed by atoms with E-state index in [0.717, 1.165) is 25.1 Å². The van der Waals surface area contributed by atoms with Gasteiger partial charge in [0.2, 0.25) is 5.95 Å². The molecule has 0 unspecified atom stereocenters. The van der Waals surface area contributed by atoms with Gasteiger partial charge in [-0.15, -0.1) is 0 Å². The first-order chi connectivity index (χ1) is 13.1. The average molecular weight is 399 g/mol. The maximum Gasteiger partial charge on any atom is 0.274 e. The summed E-state index contributed by atoms with van der Waals surface area (Å²) in [7, 11) is 0.